The van der Waals surface area contributed by atoms with Gasteiger partial charge in [-0.25, -0.2) is 9.67 Å². The third kappa shape index (κ3) is 2.51. The standard InChI is InChI=1S/C11H10ClN3O2/c1-17-7-15-11(13-6-14-15)10(16)8-2-4-9(12)5-3-8/h2-6H,7H2,1H3. The van der Waals surface area contributed by atoms with Gasteiger partial charge in [0.2, 0.25) is 11.6 Å². The third-order valence-electron chi connectivity index (χ3n) is 2.18. The molecule has 17 heavy (non-hydrogen) atoms. The molecule has 0 radical (unpaired) electrons. The largest absolute Gasteiger partial charge is 0.362 e. The molecule has 0 aliphatic rings. The van der Waals surface area contributed by atoms with Crippen molar-refractivity contribution in [1.82, 2.24) is 14.8 Å². The molecule has 0 atom stereocenters. The Morgan fingerprint density at radius 1 is 1.41 bits per heavy atom. The van der Waals surface area contributed by atoms with E-state index in [-0.39, 0.29) is 18.3 Å². The highest BCUT2D eigenvalue weighted by molar-refractivity contribution is 6.30. The summed E-state index contributed by atoms with van der Waals surface area (Å²) in [6.45, 7) is 0.189. The number of benzene rings is 1. The van der Waals surface area contributed by atoms with Gasteiger partial charge in [-0.05, 0) is 24.3 Å². The van der Waals surface area contributed by atoms with Crippen LogP contribution < -0.4 is 0 Å². The molecule has 0 spiro atoms. The van der Waals surface area contributed by atoms with E-state index in [1.54, 1.807) is 24.3 Å². The summed E-state index contributed by atoms with van der Waals surface area (Å²) in [6, 6.07) is 6.62. The Kier molecular flexibility index (Phi) is 3.51. The monoisotopic (exact) mass is 251 g/mol. The van der Waals surface area contributed by atoms with Crippen molar-refractivity contribution in [1.29, 1.82) is 0 Å². The number of halogens is 1. The topological polar surface area (TPSA) is 57.0 Å². The smallest absolute Gasteiger partial charge is 0.230 e. The second kappa shape index (κ2) is 5.07. The van der Waals surface area contributed by atoms with Gasteiger partial charge in [0, 0.05) is 17.7 Å². The van der Waals surface area contributed by atoms with E-state index in [2.05, 4.69) is 10.1 Å². The predicted octanol–water partition coefficient (Wildman–Crippen LogP) is 1.77. The first-order valence-corrected chi connectivity index (χ1v) is 5.27. The number of carbonyl (C=O) groups is 1. The molecule has 2 aromatic rings. The van der Waals surface area contributed by atoms with E-state index in [1.807, 2.05) is 0 Å². The average molecular weight is 252 g/mol. The molecule has 2 rings (SSSR count). The molecular formula is C11H10ClN3O2. The number of nitrogens with zero attached hydrogens (tertiary/aromatic N) is 3. The molecule has 0 unspecified atom stereocenters. The van der Waals surface area contributed by atoms with Crippen LogP contribution in [0.4, 0.5) is 0 Å². The Morgan fingerprint density at radius 3 is 2.76 bits per heavy atom. The highest BCUT2D eigenvalue weighted by Crippen LogP contribution is 2.12. The number of ether oxygens (including phenoxy) is 1. The van der Waals surface area contributed by atoms with Crippen LogP contribution in [0.2, 0.25) is 5.02 Å². The van der Waals surface area contributed by atoms with Crippen LogP contribution in [0.5, 0.6) is 0 Å². The number of rotatable bonds is 4. The summed E-state index contributed by atoms with van der Waals surface area (Å²) in [5.74, 6) is 0.0328. The molecule has 0 amide bonds. The van der Waals surface area contributed by atoms with E-state index in [1.165, 1.54) is 18.1 Å². The molecule has 0 aliphatic carbocycles. The van der Waals surface area contributed by atoms with Crippen LogP contribution in [0.15, 0.2) is 30.6 Å². The lowest BCUT2D eigenvalue weighted by Gasteiger charge is -2.03. The van der Waals surface area contributed by atoms with E-state index in [4.69, 9.17) is 16.3 Å². The van der Waals surface area contributed by atoms with Crippen LogP contribution in [0.3, 0.4) is 0 Å². The fourth-order valence-corrected chi connectivity index (χ4v) is 1.51. The zero-order chi connectivity index (χ0) is 12.3. The van der Waals surface area contributed by atoms with Crippen molar-refractivity contribution in [3.8, 4) is 0 Å². The lowest BCUT2D eigenvalue weighted by Crippen LogP contribution is -2.13. The maximum atomic E-state index is 12.1. The second-order valence-corrected chi connectivity index (χ2v) is 3.77. The van der Waals surface area contributed by atoms with Gasteiger partial charge in [0.1, 0.15) is 13.1 Å². The Balaban J connectivity index is 2.30. The van der Waals surface area contributed by atoms with Crippen molar-refractivity contribution in [3.63, 3.8) is 0 Å². The first-order valence-electron chi connectivity index (χ1n) is 4.89. The van der Waals surface area contributed by atoms with Gasteiger partial charge in [-0.3, -0.25) is 4.79 Å². The van der Waals surface area contributed by atoms with Crippen LogP contribution in [0.25, 0.3) is 0 Å². The van der Waals surface area contributed by atoms with Crippen LogP contribution >= 0.6 is 11.6 Å². The van der Waals surface area contributed by atoms with Gasteiger partial charge in [0.25, 0.3) is 0 Å². The van der Waals surface area contributed by atoms with Gasteiger partial charge in [-0.2, -0.15) is 5.10 Å². The number of ketones is 1. The van der Waals surface area contributed by atoms with Crippen molar-refractivity contribution < 1.29 is 9.53 Å². The van der Waals surface area contributed by atoms with E-state index in [0.29, 0.717) is 10.6 Å². The van der Waals surface area contributed by atoms with Crippen LogP contribution in [-0.4, -0.2) is 27.7 Å². The molecule has 1 heterocycles. The first-order chi connectivity index (χ1) is 8.22. The van der Waals surface area contributed by atoms with Crippen molar-refractivity contribution in [2.75, 3.05) is 7.11 Å². The molecule has 1 aromatic heterocycles. The van der Waals surface area contributed by atoms with Crippen molar-refractivity contribution >= 4 is 17.4 Å². The molecule has 6 heteroatoms. The maximum Gasteiger partial charge on any atom is 0.230 e. The highest BCUT2D eigenvalue weighted by atomic mass is 35.5. The van der Waals surface area contributed by atoms with E-state index in [9.17, 15) is 4.79 Å². The summed E-state index contributed by atoms with van der Waals surface area (Å²) in [5.41, 5.74) is 0.514. The molecule has 0 bridgehead atoms. The summed E-state index contributed by atoms with van der Waals surface area (Å²) in [7, 11) is 1.53. The Labute approximate surface area is 103 Å². The SMILES string of the molecule is COCn1ncnc1C(=O)c1ccc(Cl)cc1. The summed E-state index contributed by atoms with van der Waals surface area (Å²) in [6.07, 6.45) is 1.32. The molecule has 0 N–H and O–H groups in total. The first kappa shape index (κ1) is 11.8. The van der Waals surface area contributed by atoms with Crippen molar-refractivity contribution in [2.45, 2.75) is 6.73 Å². The van der Waals surface area contributed by atoms with Gasteiger partial charge < -0.3 is 4.74 Å². The van der Waals surface area contributed by atoms with Gasteiger partial charge in [-0.1, -0.05) is 11.6 Å². The molecule has 0 saturated heterocycles. The number of hydrogen-bond acceptors (Lipinski definition) is 4. The summed E-state index contributed by atoms with van der Waals surface area (Å²) < 4.78 is 6.32. The molecule has 0 aliphatic heterocycles. The molecule has 1 aromatic carbocycles. The van der Waals surface area contributed by atoms with Gasteiger partial charge in [0.05, 0.1) is 0 Å². The average Bonchev–Trinajstić information content (AvgIpc) is 2.78. The fourth-order valence-electron chi connectivity index (χ4n) is 1.39. The minimum atomic E-state index is -0.212. The molecule has 5 nitrogen and oxygen atoms in total. The molecule has 0 saturated carbocycles. The normalized spacial score (nSPS) is 10.5. The number of methoxy groups -OCH3 is 1. The van der Waals surface area contributed by atoms with Crippen LogP contribution in [0, 0.1) is 0 Å². The van der Waals surface area contributed by atoms with Crippen molar-refractivity contribution in [2.24, 2.45) is 0 Å². The molecular weight excluding hydrogens is 242 g/mol. The van der Waals surface area contributed by atoms with E-state index in [0.717, 1.165) is 0 Å². The lowest BCUT2D eigenvalue weighted by molar-refractivity contribution is 0.0959. The lowest BCUT2D eigenvalue weighted by atomic mass is 10.1. The zero-order valence-corrected chi connectivity index (χ0v) is 9.89. The van der Waals surface area contributed by atoms with Gasteiger partial charge in [0.15, 0.2) is 0 Å². The van der Waals surface area contributed by atoms with Gasteiger partial charge >= 0.3 is 0 Å². The van der Waals surface area contributed by atoms with Crippen LogP contribution in [0.1, 0.15) is 16.2 Å². The highest BCUT2D eigenvalue weighted by Gasteiger charge is 2.15. The third-order valence-corrected chi connectivity index (χ3v) is 2.43. The minimum Gasteiger partial charge on any atom is -0.362 e. The Hall–Kier alpha value is -1.72. The molecule has 0 fully saturated rings. The predicted molar refractivity (Wildman–Crippen MR) is 61.9 cm³/mol. The molecule has 88 valence electrons. The van der Waals surface area contributed by atoms with E-state index < -0.39 is 0 Å². The van der Waals surface area contributed by atoms with Crippen LogP contribution in [-0.2, 0) is 11.5 Å². The maximum absolute atomic E-state index is 12.1. The second-order valence-electron chi connectivity index (χ2n) is 3.34. The quantitative estimate of drug-likeness (QED) is 0.777. The summed E-state index contributed by atoms with van der Waals surface area (Å²) >= 11 is 5.76. The summed E-state index contributed by atoms with van der Waals surface area (Å²) in [5, 5.41) is 4.49. The fraction of sp³-hybridized carbons (Fsp3) is 0.182. The Bertz CT molecular complexity index is 522. The number of aromatic nitrogens is 3. The Morgan fingerprint density at radius 2 is 2.12 bits per heavy atom. The van der Waals surface area contributed by atoms with E-state index >= 15 is 0 Å². The number of hydrogen-bond donors (Lipinski definition) is 0. The summed E-state index contributed by atoms with van der Waals surface area (Å²) in [4.78, 5) is 16.0. The zero-order valence-electron chi connectivity index (χ0n) is 9.13. The van der Waals surface area contributed by atoms with Gasteiger partial charge in [-0.15, -0.1) is 0 Å². The van der Waals surface area contributed by atoms with Crippen molar-refractivity contribution in [3.05, 3.63) is 47.0 Å². The minimum absolute atomic E-state index is 0.189. The number of carbonyl (C=O) groups excluding carboxylic acids is 1.